The van der Waals surface area contributed by atoms with Crippen molar-refractivity contribution in [1.82, 2.24) is 0 Å². The van der Waals surface area contributed by atoms with Crippen LogP contribution in [0, 0.1) is 11.2 Å². The molecule has 2 bridgehead atoms. The zero-order valence-corrected chi connectivity index (χ0v) is 10.9. The molecule has 1 aromatic carbocycles. The molecule has 0 radical (unpaired) electrons. The molecule has 3 aliphatic carbocycles. The van der Waals surface area contributed by atoms with Gasteiger partial charge in [0.05, 0.1) is 5.69 Å². The summed E-state index contributed by atoms with van der Waals surface area (Å²) in [7, 11) is 0. The summed E-state index contributed by atoms with van der Waals surface area (Å²) in [4.78, 5) is 12.5. The van der Waals surface area contributed by atoms with Gasteiger partial charge in [0.15, 0.2) is 0 Å². The van der Waals surface area contributed by atoms with E-state index in [1.807, 2.05) is 0 Å². The van der Waals surface area contributed by atoms with Crippen LogP contribution in [0.3, 0.4) is 0 Å². The highest BCUT2D eigenvalue weighted by Gasteiger charge is 2.50. The van der Waals surface area contributed by atoms with Gasteiger partial charge in [-0.3, -0.25) is 4.79 Å². The standard InChI is InChI=1S/C15H19FN2O/c16-11-3-1-2-4-12(11)18-13(19)14-5-8-15(17,9-6-14)10-7-14/h1-4H,5-10,17H2,(H,18,19). The van der Waals surface area contributed by atoms with Crippen LogP contribution in [0.25, 0.3) is 0 Å². The van der Waals surface area contributed by atoms with Crippen molar-refractivity contribution in [2.24, 2.45) is 11.1 Å². The van der Waals surface area contributed by atoms with Crippen LogP contribution < -0.4 is 11.1 Å². The quantitative estimate of drug-likeness (QED) is 0.861. The fourth-order valence-corrected chi connectivity index (χ4v) is 3.37. The van der Waals surface area contributed by atoms with Gasteiger partial charge in [0.25, 0.3) is 0 Å². The Morgan fingerprint density at radius 3 is 2.26 bits per heavy atom. The minimum Gasteiger partial charge on any atom is -0.325 e. The van der Waals surface area contributed by atoms with Gasteiger partial charge in [0.2, 0.25) is 5.91 Å². The van der Waals surface area contributed by atoms with E-state index in [2.05, 4.69) is 5.32 Å². The molecule has 0 unspecified atom stereocenters. The summed E-state index contributed by atoms with van der Waals surface area (Å²) in [5, 5.41) is 2.75. The molecule has 4 heteroatoms. The lowest BCUT2D eigenvalue weighted by Gasteiger charge is -2.50. The van der Waals surface area contributed by atoms with Gasteiger partial charge in [0.1, 0.15) is 5.82 Å². The van der Waals surface area contributed by atoms with E-state index in [4.69, 9.17) is 5.73 Å². The van der Waals surface area contributed by atoms with Gasteiger partial charge < -0.3 is 11.1 Å². The molecule has 3 N–H and O–H groups in total. The molecular formula is C15H19FN2O. The minimum atomic E-state index is -0.382. The number of anilines is 1. The zero-order chi connectivity index (χ0) is 13.5. The van der Waals surface area contributed by atoms with Gasteiger partial charge >= 0.3 is 0 Å². The number of carbonyl (C=O) groups excluding carboxylic acids is 1. The molecule has 102 valence electrons. The highest BCUT2D eigenvalue weighted by Crippen LogP contribution is 2.51. The second-order valence-corrected chi connectivity index (χ2v) is 6.08. The Hall–Kier alpha value is -1.42. The van der Waals surface area contributed by atoms with Crippen molar-refractivity contribution >= 4 is 11.6 Å². The Morgan fingerprint density at radius 1 is 1.11 bits per heavy atom. The molecule has 3 fully saturated rings. The van der Waals surface area contributed by atoms with E-state index >= 15 is 0 Å². The Kier molecular flexibility index (Phi) is 2.86. The lowest BCUT2D eigenvalue weighted by molar-refractivity contribution is -0.131. The first-order valence-electron chi connectivity index (χ1n) is 6.88. The van der Waals surface area contributed by atoms with Crippen LogP contribution >= 0.6 is 0 Å². The SMILES string of the molecule is NC12CCC(C(=O)Nc3ccccc3F)(CC1)CC2. The number of nitrogens with one attached hydrogen (secondary N) is 1. The fourth-order valence-electron chi connectivity index (χ4n) is 3.37. The summed E-state index contributed by atoms with van der Waals surface area (Å²) in [5.74, 6) is -0.425. The highest BCUT2D eigenvalue weighted by molar-refractivity contribution is 5.95. The van der Waals surface area contributed by atoms with Gasteiger partial charge in [-0.1, -0.05) is 12.1 Å². The molecule has 0 aliphatic heterocycles. The molecule has 1 amide bonds. The molecule has 0 atom stereocenters. The van der Waals surface area contributed by atoms with E-state index < -0.39 is 0 Å². The molecule has 0 saturated heterocycles. The molecule has 0 spiro atoms. The average molecular weight is 262 g/mol. The van der Waals surface area contributed by atoms with Crippen molar-refractivity contribution in [2.45, 2.75) is 44.1 Å². The van der Waals surface area contributed by atoms with Crippen LogP contribution in [0.5, 0.6) is 0 Å². The third-order valence-electron chi connectivity index (χ3n) is 4.91. The fraction of sp³-hybridized carbons (Fsp3) is 0.533. The van der Waals surface area contributed by atoms with Crippen molar-refractivity contribution < 1.29 is 9.18 Å². The first kappa shape index (κ1) is 12.6. The number of hydrogen-bond donors (Lipinski definition) is 2. The molecule has 0 heterocycles. The number of rotatable bonds is 2. The van der Waals surface area contributed by atoms with E-state index in [1.54, 1.807) is 18.2 Å². The molecule has 1 aromatic rings. The molecule has 19 heavy (non-hydrogen) atoms. The Balaban J connectivity index is 1.76. The Morgan fingerprint density at radius 2 is 1.68 bits per heavy atom. The smallest absolute Gasteiger partial charge is 0.230 e. The summed E-state index contributed by atoms with van der Waals surface area (Å²) in [5.41, 5.74) is 6.13. The number of hydrogen-bond acceptors (Lipinski definition) is 2. The summed E-state index contributed by atoms with van der Waals surface area (Å²) >= 11 is 0. The normalized spacial score (nSPS) is 33.2. The zero-order valence-electron chi connectivity index (χ0n) is 10.9. The number of halogens is 1. The van der Waals surface area contributed by atoms with Gasteiger partial charge in [-0.2, -0.15) is 0 Å². The van der Waals surface area contributed by atoms with Crippen molar-refractivity contribution in [1.29, 1.82) is 0 Å². The maximum absolute atomic E-state index is 13.6. The van der Waals surface area contributed by atoms with Gasteiger partial charge in [-0.05, 0) is 50.7 Å². The lowest BCUT2D eigenvalue weighted by atomic mass is 9.57. The van der Waals surface area contributed by atoms with Crippen molar-refractivity contribution in [3.63, 3.8) is 0 Å². The van der Waals surface area contributed by atoms with E-state index in [9.17, 15) is 9.18 Å². The summed E-state index contributed by atoms with van der Waals surface area (Å²) in [6, 6.07) is 6.30. The molecule has 3 nitrogen and oxygen atoms in total. The minimum absolute atomic E-state index is 0.0423. The summed E-state index contributed by atoms with van der Waals surface area (Å²) in [6.45, 7) is 0. The van der Waals surface area contributed by atoms with Crippen molar-refractivity contribution in [3.05, 3.63) is 30.1 Å². The third-order valence-corrected chi connectivity index (χ3v) is 4.91. The predicted octanol–water partition coefficient (Wildman–Crippen LogP) is 2.82. The number of benzene rings is 1. The second kappa shape index (κ2) is 4.30. The summed E-state index contributed by atoms with van der Waals surface area (Å²) < 4.78 is 13.6. The first-order valence-corrected chi connectivity index (χ1v) is 6.88. The van der Waals surface area contributed by atoms with Gasteiger partial charge in [0, 0.05) is 11.0 Å². The number of carbonyl (C=O) groups is 1. The number of nitrogens with two attached hydrogens (primary N) is 1. The number of amides is 1. The van der Waals surface area contributed by atoms with E-state index in [0.29, 0.717) is 0 Å². The largest absolute Gasteiger partial charge is 0.325 e. The molecule has 3 aliphatic rings. The molecule has 4 rings (SSSR count). The van der Waals surface area contributed by atoms with Crippen LogP contribution in [0.4, 0.5) is 10.1 Å². The summed E-state index contributed by atoms with van der Waals surface area (Å²) in [6.07, 6.45) is 5.17. The highest BCUT2D eigenvalue weighted by atomic mass is 19.1. The first-order chi connectivity index (χ1) is 9.03. The van der Waals surface area contributed by atoms with Crippen molar-refractivity contribution in [2.75, 3.05) is 5.32 Å². The number of fused-ring (bicyclic) bond motifs is 3. The topological polar surface area (TPSA) is 55.1 Å². The van der Waals surface area contributed by atoms with E-state index in [-0.39, 0.29) is 28.4 Å². The Bertz CT molecular complexity index is 490. The van der Waals surface area contributed by atoms with E-state index in [0.717, 1.165) is 38.5 Å². The third kappa shape index (κ3) is 2.14. The maximum Gasteiger partial charge on any atom is 0.230 e. The van der Waals surface area contributed by atoms with Crippen LogP contribution in [-0.2, 0) is 4.79 Å². The number of para-hydroxylation sites is 1. The Labute approximate surface area is 112 Å². The molecular weight excluding hydrogens is 243 g/mol. The van der Waals surface area contributed by atoms with Gasteiger partial charge in [-0.25, -0.2) is 4.39 Å². The monoisotopic (exact) mass is 262 g/mol. The predicted molar refractivity (Wildman–Crippen MR) is 72.1 cm³/mol. The molecule has 3 saturated carbocycles. The van der Waals surface area contributed by atoms with Crippen LogP contribution in [-0.4, -0.2) is 11.4 Å². The second-order valence-electron chi connectivity index (χ2n) is 6.08. The maximum atomic E-state index is 13.6. The molecule has 0 aromatic heterocycles. The van der Waals surface area contributed by atoms with Gasteiger partial charge in [-0.15, -0.1) is 0 Å². The van der Waals surface area contributed by atoms with Crippen molar-refractivity contribution in [3.8, 4) is 0 Å². The van der Waals surface area contributed by atoms with Crippen LogP contribution in [0.2, 0.25) is 0 Å². The van der Waals surface area contributed by atoms with Crippen LogP contribution in [0.1, 0.15) is 38.5 Å². The average Bonchev–Trinajstić information content (AvgIpc) is 2.42. The lowest BCUT2D eigenvalue weighted by Crippen LogP contribution is -2.55. The van der Waals surface area contributed by atoms with E-state index in [1.165, 1.54) is 6.07 Å². The van der Waals surface area contributed by atoms with Crippen LogP contribution in [0.15, 0.2) is 24.3 Å².